The van der Waals surface area contributed by atoms with Crippen LogP contribution >= 0.6 is 23.4 Å². The molecule has 70 valence electrons. The van der Waals surface area contributed by atoms with Crippen LogP contribution in [0.3, 0.4) is 0 Å². The first-order valence-electron chi connectivity index (χ1n) is 4.26. The third kappa shape index (κ3) is 2.36. The number of rotatable bonds is 1. The molecule has 0 radical (unpaired) electrons. The van der Waals surface area contributed by atoms with Crippen molar-refractivity contribution in [2.75, 3.05) is 12.3 Å². The lowest BCUT2D eigenvalue weighted by molar-refractivity contribution is 0.643. The molecule has 2 unspecified atom stereocenters. The molecule has 0 spiro atoms. The fourth-order valence-electron chi connectivity index (χ4n) is 1.31. The van der Waals surface area contributed by atoms with Crippen LogP contribution in [0.4, 0.5) is 0 Å². The van der Waals surface area contributed by atoms with Gasteiger partial charge in [0.2, 0.25) is 0 Å². The summed E-state index contributed by atoms with van der Waals surface area (Å²) >= 11 is 7.78. The summed E-state index contributed by atoms with van der Waals surface area (Å²) in [4.78, 5) is 4.32. The third-order valence-electron chi connectivity index (χ3n) is 1.99. The number of pyridine rings is 1. The van der Waals surface area contributed by atoms with Gasteiger partial charge in [-0.3, -0.25) is 10.3 Å². The predicted octanol–water partition coefficient (Wildman–Crippen LogP) is 2.02. The summed E-state index contributed by atoms with van der Waals surface area (Å²) in [5, 5.41) is 3.69. The molecule has 1 aliphatic rings. The van der Waals surface area contributed by atoms with E-state index in [9.17, 15) is 0 Å². The van der Waals surface area contributed by atoms with E-state index in [1.165, 1.54) is 0 Å². The highest BCUT2D eigenvalue weighted by atomic mass is 35.5. The molecule has 1 aliphatic heterocycles. The van der Waals surface area contributed by atoms with E-state index in [0.29, 0.717) is 5.25 Å². The number of alkyl halides is 1. The molecule has 0 saturated carbocycles. The third-order valence-corrected chi connectivity index (χ3v) is 3.81. The van der Waals surface area contributed by atoms with Crippen LogP contribution in [0.15, 0.2) is 24.4 Å². The molecule has 1 N–H and O–H groups in total. The van der Waals surface area contributed by atoms with Crippen molar-refractivity contribution < 1.29 is 0 Å². The van der Waals surface area contributed by atoms with E-state index in [1.54, 1.807) is 0 Å². The lowest BCUT2D eigenvalue weighted by atomic mass is 10.2. The second kappa shape index (κ2) is 4.31. The molecule has 4 heteroatoms. The molecule has 0 bridgehead atoms. The summed E-state index contributed by atoms with van der Waals surface area (Å²) in [6.07, 6.45) is 1.84. The van der Waals surface area contributed by atoms with Crippen molar-refractivity contribution >= 4 is 23.4 Å². The Bertz CT molecular complexity index is 260. The van der Waals surface area contributed by atoms with E-state index in [2.05, 4.69) is 16.4 Å². The number of aromatic nitrogens is 1. The van der Waals surface area contributed by atoms with Crippen molar-refractivity contribution in [3.8, 4) is 0 Å². The van der Waals surface area contributed by atoms with Gasteiger partial charge in [0.25, 0.3) is 0 Å². The quantitative estimate of drug-likeness (QED) is 0.572. The van der Waals surface area contributed by atoms with Crippen molar-refractivity contribution in [3.05, 3.63) is 30.1 Å². The van der Waals surface area contributed by atoms with Gasteiger partial charge in [-0.25, -0.2) is 0 Å². The highest BCUT2D eigenvalue weighted by Gasteiger charge is 2.20. The average molecular weight is 215 g/mol. The first-order valence-corrected chi connectivity index (χ1v) is 5.75. The van der Waals surface area contributed by atoms with Gasteiger partial charge in [0.15, 0.2) is 0 Å². The molecule has 0 amide bonds. The number of nitrogens with one attached hydrogen (secondary N) is 1. The van der Waals surface area contributed by atoms with Gasteiger partial charge in [0.1, 0.15) is 0 Å². The molecule has 2 nitrogen and oxygen atoms in total. The summed E-state index contributed by atoms with van der Waals surface area (Å²) in [7, 11) is 0. The lowest BCUT2D eigenvalue weighted by Gasteiger charge is -2.25. The minimum Gasteiger partial charge on any atom is -0.299 e. The Labute approximate surface area is 87.1 Å². The smallest absolute Gasteiger partial charge is 0.0917 e. The minimum atomic E-state index is 0.116. The Morgan fingerprint density at radius 2 is 2.46 bits per heavy atom. The topological polar surface area (TPSA) is 24.9 Å². The second-order valence-corrected chi connectivity index (χ2v) is 4.71. The summed E-state index contributed by atoms with van der Waals surface area (Å²) in [5.41, 5.74) is 1.26. The summed E-state index contributed by atoms with van der Waals surface area (Å²) in [6.45, 7) is 0.913. The summed E-state index contributed by atoms with van der Waals surface area (Å²) < 4.78 is 0. The zero-order valence-electron chi connectivity index (χ0n) is 7.11. The molecule has 1 fully saturated rings. The largest absolute Gasteiger partial charge is 0.299 e. The van der Waals surface area contributed by atoms with Crippen molar-refractivity contribution in [2.24, 2.45) is 0 Å². The van der Waals surface area contributed by atoms with E-state index in [1.807, 2.05) is 30.1 Å². The molecule has 0 aromatic carbocycles. The predicted molar refractivity (Wildman–Crippen MR) is 57.1 cm³/mol. The van der Waals surface area contributed by atoms with Crippen LogP contribution in [-0.2, 0) is 0 Å². The molecule has 1 aromatic heterocycles. The van der Waals surface area contributed by atoms with E-state index < -0.39 is 0 Å². The Hall–Kier alpha value is -0.250. The van der Waals surface area contributed by atoms with Gasteiger partial charge < -0.3 is 0 Å². The summed E-state index contributed by atoms with van der Waals surface area (Å²) in [5.74, 6) is 0.947. The number of hydrogen-bond donors (Lipinski definition) is 1. The highest BCUT2D eigenvalue weighted by molar-refractivity contribution is 7.99. The monoisotopic (exact) mass is 214 g/mol. The molecular formula is C9H11ClN2S. The number of nitrogens with zero attached hydrogens (tertiary/aromatic N) is 1. The number of hydrogen-bond acceptors (Lipinski definition) is 3. The van der Waals surface area contributed by atoms with E-state index in [0.717, 1.165) is 18.0 Å². The maximum atomic E-state index is 5.92. The van der Waals surface area contributed by atoms with Crippen LogP contribution in [0.5, 0.6) is 0 Å². The normalized spacial score (nSPS) is 28.7. The van der Waals surface area contributed by atoms with Gasteiger partial charge in [-0.05, 0) is 12.1 Å². The van der Waals surface area contributed by atoms with Gasteiger partial charge in [-0.1, -0.05) is 6.07 Å². The zero-order valence-corrected chi connectivity index (χ0v) is 8.68. The van der Waals surface area contributed by atoms with Crippen LogP contribution in [-0.4, -0.2) is 22.8 Å². The molecule has 2 heterocycles. The molecule has 1 aromatic rings. The highest BCUT2D eigenvalue weighted by Crippen LogP contribution is 2.30. The van der Waals surface area contributed by atoms with Crippen LogP contribution in [0.25, 0.3) is 0 Å². The molecule has 13 heavy (non-hydrogen) atoms. The number of halogens is 1. The van der Waals surface area contributed by atoms with Gasteiger partial charge in [0.05, 0.1) is 16.4 Å². The minimum absolute atomic E-state index is 0.116. The molecular weight excluding hydrogens is 204 g/mol. The second-order valence-electron chi connectivity index (χ2n) is 2.95. The maximum Gasteiger partial charge on any atom is 0.0917 e. The average Bonchev–Trinajstić information content (AvgIpc) is 2.20. The molecule has 0 aliphatic carbocycles. The van der Waals surface area contributed by atoms with Crippen molar-refractivity contribution in [3.63, 3.8) is 0 Å². The van der Waals surface area contributed by atoms with E-state index in [-0.39, 0.29) is 5.50 Å². The molecule has 1 saturated heterocycles. The Kier molecular flexibility index (Phi) is 3.09. The van der Waals surface area contributed by atoms with Gasteiger partial charge in [-0.15, -0.1) is 23.4 Å². The Morgan fingerprint density at radius 3 is 3.08 bits per heavy atom. The SMILES string of the molecule is ClC1CSC(c2ccccn2)CN1. The van der Waals surface area contributed by atoms with Crippen LogP contribution < -0.4 is 5.32 Å². The summed E-state index contributed by atoms with van der Waals surface area (Å²) in [6, 6.07) is 6.03. The van der Waals surface area contributed by atoms with E-state index in [4.69, 9.17) is 11.6 Å². The first kappa shape index (κ1) is 9.31. The molecule has 2 rings (SSSR count). The van der Waals surface area contributed by atoms with Crippen LogP contribution in [0.1, 0.15) is 10.9 Å². The Balaban J connectivity index is 2.03. The van der Waals surface area contributed by atoms with Crippen molar-refractivity contribution in [2.45, 2.75) is 10.8 Å². The van der Waals surface area contributed by atoms with Gasteiger partial charge in [-0.2, -0.15) is 0 Å². The maximum absolute atomic E-state index is 5.92. The lowest BCUT2D eigenvalue weighted by Crippen LogP contribution is -2.34. The fourth-order valence-corrected chi connectivity index (χ4v) is 2.66. The van der Waals surface area contributed by atoms with Crippen LogP contribution in [0, 0.1) is 0 Å². The molecule has 2 atom stereocenters. The number of thioether (sulfide) groups is 1. The zero-order chi connectivity index (χ0) is 9.10. The Morgan fingerprint density at radius 1 is 1.54 bits per heavy atom. The van der Waals surface area contributed by atoms with Crippen LogP contribution in [0.2, 0.25) is 0 Å². The van der Waals surface area contributed by atoms with E-state index >= 15 is 0 Å². The van der Waals surface area contributed by atoms with Gasteiger partial charge >= 0.3 is 0 Å². The van der Waals surface area contributed by atoms with Gasteiger partial charge in [0, 0.05) is 18.5 Å². The van der Waals surface area contributed by atoms with Crippen molar-refractivity contribution in [1.29, 1.82) is 0 Å². The standard InChI is InChI=1S/C9H11ClN2S/c10-9-6-13-8(5-12-9)7-3-1-2-4-11-7/h1-4,8-9,12H,5-6H2. The fraction of sp³-hybridized carbons (Fsp3) is 0.444. The van der Waals surface area contributed by atoms with Crippen molar-refractivity contribution in [1.82, 2.24) is 10.3 Å². The first-order chi connectivity index (χ1) is 6.36.